The highest BCUT2D eigenvalue weighted by molar-refractivity contribution is 5.67. The summed E-state index contributed by atoms with van der Waals surface area (Å²) in [4.78, 5) is 13.2. The third-order valence-corrected chi connectivity index (χ3v) is 4.45. The van der Waals surface area contributed by atoms with Crippen molar-refractivity contribution in [1.82, 2.24) is 4.90 Å². The fourth-order valence-electron chi connectivity index (χ4n) is 3.33. The monoisotopic (exact) mass is 275 g/mol. The Hall–Kier alpha value is -1.35. The van der Waals surface area contributed by atoms with Crippen molar-refractivity contribution in [1.29, 1.82) is 0 Å². The fourth-order valence-corrected chi connectivity index (χ4v) is 3.33. The molecular weight excluding hydrogens is 250 g/mol. The van der Waals surface area contributed by atoms with Crippen LogP contribution in [0.15, 0.2) is 24.3 Å². The van der Waals surface area contributed by atoms with Crippen LogP contribution in [0.2, 0.25) is 0 Å². The standard InChI is InChI=1S/C17H25NO2/c1-3-18(13(2)11-17(19)20)12-15-9-6-8-14-7-4-5-10-16(14)15/h4-5,7,10,13,15H,3,6,8-9,11-12H2,1-2H3,(H,19,20). The number of carbonyl (C=O) groups is 1. The summed E-state index contributed by atoms with van der Waals surface area (Å²) in [6.07, 6.45) is 3.87. The maximum absolute atomic E-state index is 10.9. The highest BCUT2D eigenvalue weighted by atomic mass is 16.4. The molecular formula is C17H25NO2. The second-order valence-electron chi connectivity index (χ2n) is 5.82. The van der Waals surface area contributed by atoms with Crippen molar-refractivity contribution in [3.8, 4) is 0 Å². The lowest BCUT2D eigenvalue weighted by molar-refractivity contribution is -0.138. The van der Waals surface area contributed by atoms with Crippen LogP contribution in [0.1, 0.15) is 50.2 Å². The van der Waals surface area contributed by atoms with E-state index < -0.39 is 5.97 Å². The van der Waals surface area contributed by atoms with Gasteiger partial charge >= 0.3 is 5.97 Å². The van der Waals surface area contributed by atoms with Crippen LogP contribution >= 0.6 is 0 Å². The maximum Gasteiger partial charge on any atom is 0.304 e. The highest BCUT2D eigenvalue weighted by Gasteiger charge is 2.24. The Bertz CT molecular complexity index is 458. The molecule has 0 heterocycles. The van der Waals surface area contributed by atoms with Crippen LogP contribution in [0, 0.1) is 0 Å². The molecule has 1 aromatic rings. The lowest BCUT2D eigenvalue weighted by atomic mass is 9.82. The number of nitrogens with zero attached hydrogens (tertiary/aromatic N) is 1. The zero-order valence-corrected chi connectivity index (χ0v) is 12.5. The van der Waals surface area contributed by atoms with Gasteiger partial charge in [0.15, 0.2) is 0 Å². The van der Waals surface area contributed by atoms with E-state index in [1.807, 2.05) is 6.92 Å². The molecule has 2 unspecified atom stereocenters. The number of aryl methyl sites for hydroxylation is 1. The summed E-state index contributed by atoms with van der Waals surface area (Å²) >= 11 is 0. The van der Waals surface area contributed by atoms with Gasteiger partial charge in [0.05, 0.1) is 6.42 Å². The summed E-state index contributed by atoms with van der Waals surface area (Å²) in [5.74, 6) is -0.156. The molecule has 3 nitrogen and oxygen atoms in total. The Morgan fingerprint density at radius 3 is 2.90 bits per heavy atom. The van der Waals surface area contributed by atoms with E-state index in [9.17, 15) is 4.79 Å². The normalized spacial score (nSPS) is 19.6. The lowest BCUT2D eigenvalue weighted by Gasteiger charge is -2.33. The number of hydrogen-bond donors (Lipinski definition) is 1. The third kappa shape index (κ3) is 3.60. The molecule has 0 bridgehead atoms. The number of fused-ring (bicyclic) bond motifs is 1. The molecule has 2 rings (SSSR count). The van der Waals surface area contributed by atoms with Crippen LogP contribution in [0.4, 0.5) is 0 Å². The summed E-state index contributed by atoms with van der Waals surface area (Å²) in [5, 5.41) is 8.97. The number of hydrogen-bond acceptors (Lipinski definition) is 2. The molecule has 0 amide bonds. The second kappa shape index (κ2) is 6.89. The van der Waals surface area contributed by atoms with Gasteiger partial charge in [-0.3, -0.25) is 9.69 Å². The molecule has 0 spiro atoms. The third-order valence-electron chi connectivity index (χ3n) is 4.45. The smallest absolute Gasteiger partial charge is 0.304 e. The highest BCUT2D eigenvalue weighted by Crippen LogP contribution is 2.32. The first-order valence-corrected chi connectivity index (χ1v) is 7.65. The van der Waals surface area contributed by atoms with Crippen LogP contribution in [0.3, 0.4) is 0 Å². The number of carboxylic acid groups (broad SMARTS) is 1. The Labute approximate surface area is 121 Å². The average Bonchev–Trinajstić information content (AvgIpc) is 2.44. The van der Waals surface area contributed by atoms with Crippen LogP contribution in [-0.2, 0) is 11.2 Å². The molecule has 3 heteroatoms. The Balaban J connectivity index is 2.07. The summed E-state index contributed by atoms with van der Waals surface area (Å²) < 4.78 is 0. The molecule has 0 saturated carbocycles. The molecule has 0 aromatic heterocycles. The molecule has 0 radical (unpaired) electrons. The van der Waals surface area contributed by atoms with E-state index >= 15 is 0 Å². The maximum atomic E-state index is 10.9. The van der Waals surface area contributed by atoms with Gasteiger partial charge in [-0.15, -0.1) is 0 Å². The molecule has 1 aromatic carbocycles. The second-order valence-corrected chi connectivity index (χ2v) is 5.82. The Morgan fingerprint density at radius 1 is 1.45 bits per heavy atom. The number of likely N-dealkylation sites (N-methyl/N-ethyl adjacent to an activating group) is 1. The average molecular weight is 275 g/mol. The van der Waals surface area contributed by atoms with Crippen LogP contribution in [-0.4, -0.2) is 35.1 Å². The van der Waals surface area contributed by atoms with Crippen LogP contribution in [0.5, 0.6) is 0 Å². The van der Waals surface area contributed by atoms with E-state index in [2.05, 4.69) is 36.1 Å². The molecule has 0 fully saturated rings. The van der Waals surface area contributed by atoms with E-state index in [-0.39, 0.29) is 12.5 Å². The van der Waals surface area contributed by atoms with E-state index in [0.29, 0.717) is 5.92 Å². The van der Waals surface area contributed by atoms with Gasteiger partial charge in [0.1, 0.15) is 0 Å². The minimum atomic E-state index is -0.708. The van der Waals surface area contributed by atoms with Crippen molar-refractivity contribution in [3.05, 3.63) is 35.4 Å². The molecule has 2 atom stereocenters. The quantitative estimate of drug-likeness (QED) is 0.866. The van der Waals surface area contributed by atoms with Crippen molar-refractivity contribution in [2.24, 2.45) is 0 Å². The van der Waals surface area contributed by atoms with Gasteiger partial charge in [0.25, 0.3) is 0 Å². The van der Waals surface area contributed by atoms with Crippen molar-refractivity contribution < 1.29 is 9.90 Å². The lowest BCUT2D eigenvalue weighted by Crippen LogP contribution is -2.38. The van der Waals surface area contributed by atoms with Crippen molar-refractivity contribution in [2.75, 3.05) is 13.1 Å². The summed E-state index contributed by atoms with van der Waals surface area (Å²) in [5.41, 5.74) is 2.95. The summed E-state index contributed by atoms with van der Waals surface area (Å²) in [7, 11) is 0. The number of benzene rings is 1. The largest absolute Gasteiger partial charge is 0.481 e. The molecule has 0 aliphatic heterocycles. The predicted molar refractivity (Wildman–Crippen MR) is 81.1 cm³/mol. The first-order chi connectivity index (χ1) is 9.61. The topological polar surface area (TPSA) is 40.5 Å². The molecule has 20 heavy (non-hydrogen) atoms. The molecule has 1 aliphatic carbocycles. The number of carboxylic acids is 1. The molecule has 0 saturated heterocycles. The minimum Gasteiger partial charge on any atom is -0.481 e. The number of aliphatic carboxylic acids is 1. The first-order valence-electron chi connectivity index (χ1n) is 7.65. The van der Waals surface area contributed by atoms with Crippen molar-refractivity contribution >= 4 is 5.97 Å². The minimum absolute atomic E-state index is 0.103. The zero-order chi connectivity index (χ0) is 14.5. The van der Waals surface area contributed by atoms with Gasteiger partial charge in [0.2, 0.25) is 0 Å². The summed E-state index contributed by atoms with van der Waals surface area (Å²) in [6.45, 7) is 6.02. The van der Waals surface area contributed by atoms with Crippen molar-refractivity contribution in [3.63, 3.8) is 0 Å². The van der Waals surface area contributed by atoms with Gasteiger partial charge < -0.3 is 5.11 Å². The van der Waals surface area contributed by atoms with E-state index in [1.165, 1.54) is 30.4 Å². The van der Waals surface area contributed by atoms with E-state index in [1.54, 1.807) is 0 Å². The Morgan fingerprint density at radius 2 is 2.20 bits per heavy atom. The van der Waals surface area contributed by atoms with Crippen LogP contribution < -0.4 is 0 Å². The Kier molecular flexibility index (Phi) is 5.18. The van der Waals surface area contributed by atoms with Crippen molar-refractivity contribution in [2.45, 2.75) is 51.5 Å². The molecule has 110 valence electrons. The van der Waals surface area contributed by atoms with Gasteiger partial charge in [-0.1, -0.05) is 31.2 Å². The number of rotatable bonds is 6. The van der Waals surface area contributed by atoms with Gasteiger partial charge in [-0.25, -0.2) is 0 Å². The van der Waals surface area contributed by atoms with Gasteiger partial charge in [-0.2, -0.15) is 0 Å². The van der Waals surface area contributed by atoms with E-state index in [4.69, 9.17) is 5.11 Å². The SMILES string of the molecule is CCN(CC1CCCc2ccccc21)C(C)CC(=O)O. The predicted octanol–water partition coefficient (Wildman–Crippen LogP) is 3.29. The van der Waals surface area contributed by atoms with Gasteiger partial charge in [0, 0.05) is 12.6 Å². The first kappa shape index (κ1) is 15.0. The van der Waals surface area contributed by atoms with E-state index in [0.717, 1.165) is 13.1 Å². The van der Waals surface area contributed by atoms with Crippen LogP contribution in [0.25, 0.3) is 0 Å². The molecule has 1 aliphatic rings. The fraction of sp³-hybridized carbons (Fsp3) is 0.588. The zero-order valence-electron chi connectivity index (χ0n) is 12.5. The molecule has 1 N–H and O–H groups in total. The summed E-state index contributed by atoms with van der Waals surface area (Å²) in [6, 6.07) is 8.82. The van der Waals surface area contributed by atoms with Gasteiger partial charge in [-0.05, 0) is 49.8 Å².